The van der Waals surface area contributed by atoms with Crippen molar-refractivity contribution in [3.05, 3.63) is 41.8 Å². The average Bonchev–Trinajstić information content (AvgIpc) is 2.38. The molecule has 5 heteroatoms. The van der Waals surface area contributed by atoms with E-state index in [9.17, 15) is 4.39 Å². The van der Waals surface area contributed by atoms with Gasteiger partial charge in [-0.2, -0.15) is 4.98 Å². The predicted molar refractivity (Wildman–Crippen MR) is 75.4 cm³/mol. The first kappa shape index (κ1) is 13.3. The Hall–Kier alpha value is -2.17. The van der Waals surface area contributed by atoms with Crippen LogP contribution in [0.25, 0.3) is 0 Å². The zero-order valence-electron chi connectivity index (χ0n) is 11.3. The molecule has 0 radical (unpaired) electrons. The number of halogens is 1. The highest BCUT2D eigenvalue weighted by atomic mass is 19.1. The van der Waals surface area contributed by atoms with Gasteiger partial charge in [0.25, 0.3) is 0 Å². The van der Waals surface area contributed by atoms with Crippen molar-refractivity contribution in [3.63, 3.8) is 0 Å². The monoisotopic (exact) mass is 260 g/mol. The molecule has 0 aliphatic heterocycles. The summed E-state index contributed by atoms with van der Waals surface area (Å²) in [4.78, 5) is 10.6. The van der Waals surface area contributed by atoms with E-state index in [1.165, 1.54) is 12.1 Å². The Morgan fingerprint density at radius 2 is 1.89 bits per heavy atom. The van der Waals surface area contributed by atoms with Gasteiger partial charge in [0.2, 0.25) is 5.95 Å². The van der Waals surface area contributed by atoms with Crippen LogP contribution >= 0.6 is 0 Å². The van der Waals surface area contributed by atoms with Gasteiger partial charge in [-0.1, -0.05) is 0 Å². The topological polar surface area (TPSA) is 41.1 Å². The van der Waals surface area contributed by atoms with Crippen LogP contribution in [-0.2, 0) is 0 Å². The number of rotatable bonds is 4. The van der Waals surface area contributed by atoms with Crippen molar-refractivity contribution in [2.45, 2.75) is 13.8 Å². The molecule has 0 amide bonds. The number of aromatic nitrogens is 2. The van der Waals surface area contributed by atoms with Crippen LogP contribution in [0.2, 0.25) is 0 Å². The van der Waals surface area contributed by atoms with Gasteiger partial charge in [0.15, 0.2) is 0 Å². The Morgan fingerprint density at radius 3 is 2.53 bits per heavy atom. The second-order valence-electron chi connectivity index (χ2n) is 4.26. The van der Waals surface area contributed by atoms with Crippen LogP contribution in [0, 0.1) is 12.7 Å². The number of hydrogen-bond acceptors (Lipinski definition) is 4. The summed E-state index contributed by atoms with van der Waals surface area (Å²) < 4.78 is 12.9. The second kappa shape index (κ2) is 5.65. The summed E-state index contributed by atoms with van der Waals surface area (Å²) in [7, 11) is 1.89. The Morgan fingerprint density at radius 1 is 1.21 bits per heavy atom. The van der Waals surface area contributed by atoms with Crippen molar-refractivity contribution >= 4 is 17.5 Å². The zero-order chi connectivity index (χ0) is 13.8. The van der Waals surface area contributed by atoms with Crippen molar-refractivity contribution in [3.8, 4) is 0 Å². The fraction of sp³-hybridized carbons (Fsp3) is 0.286. The summed E-state index contributed by atoms with van der Waals surface area (Å²) in [6.07, 6.45) is 0. The maximum atomic E-state index is 12.9. The molecule has 0 saturated heterocycles. The third kappa shape index (κ3) is 3.19. The normalized spacial score (nSPS) is 10.3. The molecule has 1 aromatic heterocycles. The lowest BCUT2D eigenvalue weighted by atomic mass is 10.3. The smallest absolute Gasteiger partial charge is 0.224 e. The summed E-state index contributed by atoms with van der Waals surface area (Å²) in [5.41, 5.74) is 1.76. The molecule has 0 atom stereocenters. The van der Waals surface area contributed by atoms with E-state index >= 15 is 0 Å². The fourth-order valence-electron chi connectivity index (χ4n) is 1.76. The van der Waals surface area contributed by atoms with Gasteiger partial charge in [0, 0.05) is 31.0 Å². The predicted octanol–water partition coefficient (Wildman–Crippen LogP) is 3.12. The van der Waals surface area contributed by atoms with Gasteiger partial charge in [-0.15, -0.1) is 0 Å². The molecule has 0 fully saturated rings. The molecule has 2 rings (SSSR count). The zero-order valence-corrected chi connectivity index (χ0v) is 11.3. The summed E-state index contributed by atoms with van der Waals surface area (Å²) in [5.74, 6) is 1.13. The lowest BCUT2D eigenvalue weighted by molar-refractivity contribution is 0.628. The van der Waals surface area contributed by atoms with Crippen molar-refractivity contribution in [2.75, 3.05) is 23.8 Å². The van der Waals surface area contributed by atoms with Crippen molar-refractivity contribution in [2.24, 2.45) is 0 Å². The van der Waals surface area contributed by atoms with Gasteiger partial charge in [-0.05, 0) is 38.1 Å². The van der Waals surface area contributed by atoms with Crippen LogP contribution in [-0.4, -0.2) is 23.6 Å². The number of hydrogen-bond donors (Lipinski definition) is 1. The molecule has 0 aliphatic carbocycles. The molecule has 0 bridgehead atoms. The fourth-order valence-corrected chi connectivity index (χ4v) is 1.76. The van der Waals surface area contributed by atoms with E-state index in [-0.39, 0.29) is 5.82 Å². The van der Waals surface area contributed by atoms with E-state index in [0.29, 0.717) is 5.95 Å². The molecule has 0 spiro atoms. The van der Waals surface area contributed by atoms with Crippen LogP contribution < -0.4 is 10.2 Å². The number of benzene rings is 1. The number of nitrogens with zero attached hydrogens (tertiary/aromatic N) is 3. The molecule has 19 heavy (non-hydrogen) atoms. The Labute approximate surface area is 112 Å². The summed E-state index contributed by atoms with van der Waals surface area (Å²) in [6, 6.07) is 8.21. The standard InChI is InChI=1S/C14H17FN4/c1-4-16-14-17-10(2)9-13(18-14)19(3)12-7-5-11(15)6-8-12/h5-9H,4H2,1-3H3,(H,16,17,18). The van der Waals surface area contributed by atoms with Gasteiger partial charge >= 0.3 is 0 Å². The molecule has 4 nitrogen and oxygen atoms in total. The third-order valence-corrected chi connectivity index (χ3v) is 2.73. The van der Waals surface area contributed by atoms with Crippen LogP contribution in [0.1, 0.15) is 12.6 Å². The minimum atomic E-state index is -0.246. The summed E-state index contributed by atoms with van der Waals surface area (Å²) in [5, 5.41) is 3.10. The SMILES string of the molecule is CCNc1nc(C)cc(N(C)c2ccc(F)cc2)n1. The van der Waals surface area contributed by atoms with Crippen molar-refractivity contribution in [1.29, 1.82) is 0 Å². The Balaban J connectivity index is 2.32. The van der Waals surface area contributed by atoms with Gasteiger partial charge in [0.1, 0.15) is 11.6 Å². The lowest BCUT2D eigenvalue weighted by Gasteiger charge is -2.19. The van der Waals surface area contributed by atoms with Crippen molar-refractivity contribution in [1.82, 2.24) is 9.97 Å². The van der Waals surface area contributed by atoms with Crippen molar-refractivity contribution < 1.29 is 4.39 Å². The van der Waals surface area contributed by atoms with Gasteiger partial charge < -0.3 is 10.2 Å². The average molecular weight is 260 g/mol. The molecule has 1 N–H and O–H groups in total. The Bertz CT molecular complexity index is 554. The summed E-state index contributed by atoms with van der Waals surface area (Å²) >= 11 is 0. The number of aryl methyl sites for hydroxylation is 1. The first-order chi connectivity index (χ1) is 9.10. The maximum Gasteiger partial charge on any atom is 0.224 e. The van der Waals surface area contributed by atoms with Gasteiger partial charge in [-0.3, -0.25) is 0 Å². The molecular weight excluding hydrogens is 243 g/mol. The third-order valence-electron chi connectivity index (χ3n) is 2.73. The molecule has 2 aromatic rings. The largest absolute Gasteiger partial charge is 0.354 e. The van der Waals surface area contributed by atoms with Crippen LogP contribution in [0.5, 0.6) is 0 Å². The molecule has 100 valence electrons. The van der Waals surface area contributed by atoms with E-state index in [4.69, 9.17) is 0 Å². The molecule has 0 saturated carbocycles. The highest BCUT2D eigenvalue weighted by molar-refractivity contribution is 5.60. The highest BCUT2D eigenvalue weighted by Crippen LogP contribution is 2.23. The van der Waals surface area contributed by atoms with Crippen LogP contribution in [0.3, 0.4) is 0 Å². The van der Waals surface area contributed by atoms with Crippen LogP contribution in [0.4, 0.5) is 21.8 Å². The highest BCUT2D eigenvalue weighted by Gasteiger charge is 2.08. The molecular formula is C14H17FN4. The van der Waals surface area contributed by atoms with Crippen LogP contribution in [0.15, 0.2) is 30.3 Å². The minimum absolute atomic E-state index is 0.246. The van der Waals surface area contributed by atoms with E-state index in [0.717, 1.165) is 23.7 Å². The van der Waals surface area contributed by atoms with Gasteiger partial charge in [0.05, 0.1) is 0 Å². The molecule has 0 unspecified atom stereocenters. The van der Waals surface area contributed by atoms with Gasteiger partial charge in [-0.25, -0.2) is 9.37 Å². The van der Waals surface area contributed by atoms with E-state index < -0.39 is 0 Å². The Kier molecular flexibility index (Phi) is 3.94. The molecule has 0 aliphatic rings. The quantitative estimate of drug-likeness (QED) is 0.917. The van der Waals surface area contributed by atoms with E-state index in [1.54, 1.807) is 12.1 Å². The van der Waals surface area contributed by atoms with E-state index in [1.807, 2.05) is 31.9 Å². The first-order valence-electron chi connectivity index (χ1n) is 6.19. The second-order valence-corrected chi connectivity index (χ2v) is 4.26. The number of nitrogens with one attached hydrogen (secondary N) is 1. The first-order valence-corrected chi connectivity index (χ1v) is 6.19. The van der Waals surface area contributed by atoms with E-state index in [2.05, 4.69) is 15.3 Å². The maximum absolute atomic E-state index is 12.9. The lowest BCUT2D eigenvalue weighted by Crippen LogP contribution is -2.13. The molecule has 1 aromatic carbocycles. The molecule has 1 heterocycles. The summed E-state index contributed by atoms with van der Waals surface area (Å²) in [6.45, 7) is 4.68. The minimum Gasteiger partial charge on any atom is -0.354 e. The number of anilines is 3.